The summed E-state index contributed by atoms with van der Waals surface area (Å²) >= 11 is 0. The van der Waals surface area contributed by atoms with E-state index in [4.69, 9.17) is 14.2 Å². The van der Waals surface area contributed by atoms with Crippen LogP contribution in [0, 0.1) is 11.8 Å². The van der Waals surface area contributed by atoms with Crippen LogP contribution in [0.5, 0.6) is 0 Å². The van der Waals surface area contributed by atoms with E-state index >= 15 is 0 Å². The molecule has 1 saturated heterocycles. The monoisotopic (exact) mass is 383 g/mol. The maximum absolute atomic E-state index is 6.20. The van der Waals surface area contributed by atoms with Gasteiger partial charge in [0.05, 0.1) is 19.0 Å². The van der Waals surface area contributed by atoms with Gasteiger partial charge in [-0.3, -0.25) is 0 Å². The third-order valence-corrected chi connectivity index (χ3v) is 5.44. The van der Waals surface area contributed by atoms with Crippen LogP contribution in [0.1, 0.15) is 33.1 Å². The molecule has 3 aliphatic rings. The maximum atomic E-state index is 6.20. The Bertz CT molecular complexity index is 671. The Morgan fingerprint density at radius 2 is 2.29 bits per heavy atom. The zero-order valence-corrected chi connectivity index (χ0v) is 17.1. The molecular weight excluding hydrogens is 350 g/mol. The molecule has 0 aromatic carbocycles. The van der Waals surface area contributed by atoms with Crippen LogP contribution in [0.4, 0.5) is 0 Å². The Labute approximate surface area is 169 Å². The van der Waals surface area contributed by atoms with Crippen molar-refractivity contribution < 1.29 is 14.2 Å². The Morgan fingerprint density at radius 1 is 1.36 bits per heavy atom. The minimum Gasteiger partial charge on any atom is -0.498 e. The molecule has 4 nitrogen and oxygen atoms in total. The highest BCUT2D eigenvalue weighted by Gasteiger charge is 2.36. The van der Waals surface area contributed by atoms with Crippen LogP contribution in [-0.2, 0) is 14.2 Å². The molecule has 1 aliphatic carbocycles. The fourth-order valence-electron chi connectivity index (χ4n) is 3.96. The van der Waals surface area contributed by atoms with Gasteiger partial charge in [-0.05, 0) is 76.0 Å². The standard InChI is InChI=1S/C24H33NO3/c1-3-9-20(28-21-10-5-4-6-11-21)12-7-8-16-27-24-18-25-15-13-23(24)22-14-17-26-19(22)2/h3,5,7-12,14,17,19,22-25H,4,6,13,15-16,18H2,1-2H3/b8-7+,9-3-,20-12+/t19?,22?,23-,24+/m1/s1. The summed E-state index contributed by atoms with van der Waals surface area (Å²) in [6.07, 6.45) is 24.1. The highest BCUT2D eigenvalue weighted by Crippen LogP contribution is 2.32. The van der Waals surface area contributed by atoms with Crippen molar-refractivity contribution in [3.05, 3.63) is 72.5 Å². The minimum absolute atomic E-state index is 0.213. The van der Waals surface area contributed by atoms with Crippen molar-refractivity contribution in [3.8, 4) is 0 Å². The van der Waals surface area contributed by atoms with E-state index in [1.165, 1.54) is 0 Å². The number of ether oxygens (including phenoxy) is 3. The molecule has 3 rings (SSSR count). The molecule has 0 aromatic heterocycles. The number of rotatable bonds is 8. The SMILES string of the molecule is C\C=C/C(=C\C=C\CO[C@H]1CNCC[C@@H]1C1C=COC1C)OC1=CCCC=C1. The van der Waals surface area contributed by atoms with Gasteiger partial charge in [-0.1, -0.05) is 24.3 Å². The lowest BCUT2D eigenvalue weighted by Gasteiger charge is -2.36. The molecule has 0 spiro atoms. The number of piperidine rings is 1. The minimum atomic E-state index is 0.213. The van der Waals surface area contributed by atoms with E-state index < -0.39 is 0 Å². The fraction of sp³-hybridized carbons (Fsp3) is 0.500. The number of nitrogens with one attached hydrogen (secondary N) is 1. The number of hydrogen-bond donors (Lipinski definition) is 1. The normalized spacial score (nSPS) is 30.8. The van der Waals surface area contributed by atoms with Crippen LogP contribution >= 0.6 is 0 Å². The van der Waals surface area contributed by atoms with Gasteiger partial charge in [0.15, 0.2) is 0 Å². The van der Waals surface area contributed by atoms with Crippen LogP contribution in [0.15, 0.2) is 72.5 Å². The van der Waals surface area contributed by atoms with E-state index in [-0.39, 0.29) is 12.2 Å². The van der Waals surface area contributed by atoms with Crippen molar-refractivity contribution in [2.45, 2.75) is 45.3 Å². The van der Waals surface area contributed by atoms with E-state index in [2.05, 4.69) is 30.5 Å². The third-order valence-electron chi connectivity index (χ3n) is 5.44. The average Bonchev–Trinajstić information content (AvgIpc) is 3.14. The molecule has 4 heteroatoms. The molecule has 0 saturated carbocycles. The Hall–Kier alpha value is -2.04. The van der Waals surface area contributed by atoms with Gasteiger partial charge in [0.2, 0.25) is 0 Å². The summed E-state index contributed by atoms with van der Waals surface area (Å²) < 4.78 is 17.8. The lowest BCUT2D eigenvalue weighted by Crippen LogP contribution is -2.46. The van der Waals surface area contributed by atoms with Gasteiger partial charge in [-0.2, -0.15) is 0 Å². The van der Waals surface area contributed by atoms with E-state index in [0.717, 1.165) is 43.9 Å². The van der Waals surface area contributed by atoms with E-state index in [9.17, 15) is 0 Å². The number of hydrogen-bond acceptors (Lipinski definition) is 4. The average molecular weight is 384 g/mol. The van der Waals surface area contributed by atoms with Gasteiger partial charge in [-0.25, -0.2) is 0 Å². The summed E-state index contributed by atoms with van der Waals surface area (Å²) in [4.78, 5) is 0. The molecule has 0 amide bonds. The summed E-state index contributed by atoms with van der Waals surface area (Å²) in [7, 11) is 0. The Balaban J connectivity index is 1.50. The van der Waals surface area contributed by atoms with Crippen molar-refractivity contribution in [1.29, 1.82) is 0 Å². The fourth-order valence-corrected chi connectivity index (χ4v) is 3.96. The molecule has 28 heavy (non-hydrogen) atoms. The second-order valence-electron chi connectivity index (χ2n) is 7.46. The zero-order valence-electron chi connectivity index (χ0n) is 17.1. The van der Waals surface area contributed by atoms with E-state index in [0.29, 0.717) is 18.4 Å². The molecule has 4 atom stereocenters. The van der Waals surface area contributed by atoms with Gasteiger partial charge >= 0.3 is 0 Å². The molecule has 0 bridgehead atoms. The van der Waals surface area contributed by atoms with E-state index in [1.54, 1.807) is 0 Å². The van der Waals surface area contributed by atoms with Crippen molar-refractivity contribution >= 4 is 0 Å². The van der Waals surface area contributed by atoms with Crippen LogP contribution in [0.3, 0.4) is 0 Å². The first-order valence-corrected chi connectivity index (χ1v) is 10.5. The predicted octanol–water partition coefficient (Wildman–Crippen LogP) is 4.80. The molecule has 0 radical (unpaired) electrons. The lowest BCUT2D eigenvalue weighted by atomic mass is 9.80. The number of allylic oxidation sites excluding steroid dienone is 7. The highest BCUT2D eigenvalue weighted by molar-refractivity contribution is 5.24. The summed E-state index contributed by atoms with van der Waals surface area (Å²) in [6, 6.07) is 0. The van der Waals surface area contributed by atoms with Gasteiger partial charge in [-0.15, -0.1) is 0 Å². The van der Waals surface area contributed by atoms with Gasteiger partial charge in [0.25, 0.3) is 0 Å². The second-order valence-corrected chi connectivity index (χ2v) is 7.46. The van der Waals surface area contributed by atoms with Crippen molar-refractivity contribution in [1.82, 2.24) is 5.32 Å². The van der Waals surface area contributed by atoms with Crippen LogP contribution < -0.4 is 5.32 Å². The topological polar surface area (TPSA) is 39.7 Å². The van der Waals surface area contributed by atoms with Crippen LogP contribution in [-0.4, -0.2) is 31.9 Å². The van der Waals surface area contributed by atoms with Gasteiger partial charge < -0.3 is 19.5 Å². The highest BCUT2D eigenvalue weighted by atomic mass is 16.5. The molecule has 152 valence electrons. The van der Waals surface area contributed by atoms with E-state index in [1.807, 2.05) is 49.6 Å². The smallest absolute Gasteiger partial charge is 0.127 e. The maximum Gasteiger partial charge on any atom is 0.127 e. The molecule has 2 aliphatic heterocycles. The van der Waals surface area contributed by atoms with Crippen LogP contribution in [0.25, 0.3) is 0 Å². The van der Waals surface area contributed by atoms with Gasteiger partial charge in [0.1, 0.15) is 17.6 Å². The first kappa shape index (κ1) is 20.7. The largest absolute Gasteiger partial charge is 0.498 e. The zero-order chi connectivity index (χ0) is 19.6. The molecule has 1 N–H and O–H groups in total. The van der Waals surface area contributed by atoms with Crippen molar-refractivity contribution in [2.75, 3.05) is 19.7 Å². The van der Waals surface area contributed by atoms with Crippen molar-refractivity contribution in [3.63, 3.8) is 0 Å². The molecular formula is C24H33NO3. The summed E-state index contributed by atoms with van der Waals surface area (Å²) in [5.74, 6) is 2.70. The first-order chi connectivity index (χ1) is 13.8. The third kappa shape index (κ3) is 5.98. The summed E-state index contributed by atoms with van der Waals surface area (Å²) in [5, 5.41) is 3.46. The molecule has 2 heterocycles. The quantitative estimate of drug-likeness (QED) is 0.483. The molecule has 1 fully saturated rings. The van der Waals surface area contributed by atoms with Crippen molar-refractivity contribution in [2.24, 2.45) is 11.8 Å². The van der Waals surface area contributed by atoms with Crippen LogP contribution in [0.2, 0.25) is 0 Å². The Morgan fingerprint density at radius 3 is 3.04 bits per heavy atom. The second kappa shape index (κ2) is 11.1. The summed E-state index contributed by atoms with van der Waals surface area (Å²) in [6.45, 7) is 6.69. The molecule has 2 unspecified atom stereocenters. The first-order valence-electron chi connectivity index (χ1n) is 10.5. The van der Waals surface area contributed by atoms with Gasteiger partial charge in [0, 0.05) is 12.5 Å². The lowest BCUT2D eigenvalue weighted by molar-refractivity contribution is -0.0186. The Kier molecular flexibility index (Phi) is 8.19. The molecule has 0 aromatic rings. The summed E-state index contributed by atoms with van der Waals surface area (Å²) in [5.41, 5.74) is 0. The predicted molar refractivity (Wildman–Crippen MR) is 113 cm³/mol.